The number of hydrogen-bond acceptors (Lipinski definition) is 4. The fourth-order valence-corrected chi connectivity index (χ4v) is 2.58. The molecule has 4 nitrogen and oxygen atoms in total. The van der Waals surface area contributed by atoms with E-state index in [1.807, 2.05) is 0 Å². The molecule has 0 aliphatic carbocycles. The quantitative estimate of drug-likeness (QED) is 0.740. The number of halogens is 1. The molecule has 0 radical (unpaired) electrons. The summed E-state index contributed by atoms with van der Waals surface area (Å²) >= 11 is 5.86. The van der Waals surface area contributed by atoms with Gasteiger partial charge in [-0.05, 0) is 52.9 Å². The summed E-state index contributed by atoms with van der Waals surface area (Å²) in [7, 11) is 5.73. The zero-order chi connectivity index (χ0) is 16.8. The highest BCUT2D eigenvalue weighted by Gasteiger charge is 2.13. The first kappa shape index (κ1) is 21.9. The van der Waals surface area contributed by atoms with E-state index in [0.29, 0.717) is 6.61 Å². The maximum Gasteiger partial charge on any atom is 0.0900 e. The first-order valence-corrected chi connectivity index (χ1v) is 8.76. The normalized spacial score (nSPS) is 18.0. The average Bonchev–Trinajstić information content (AvgIpc) is 2.47. The molecule has 0 aromatic carbocycles. The molecule has 1 atom stereocenters. The van der Waals surface area contributed by atoms with Crippen molar-refractivity contribution in [2.75, 3.05) is 54.0 Å². The van der Waals surface area contributed by atoms with Crippen molar-refractivity contribution in [1.29, 1.82) is 0 Å². The van der Waals surface area contributed by atoms with Crippen molar-refractivity contribution in [3.8, 4) is 0 Å². The van der Waals surface area contributed by atoms with Crippen LogP contribution in [0.15, 0.2) is 11.1 Å². The molecule has 132 valence electrons. The highest BCUT2D eigenvalue weighted by atomic mass is 35.5. The Morgan fingerprint density at radius 3 is 2.45 bits per heavy atom. The maximum absolute atomic E-state index is 9.43. The van der Waals surface area contributed by atoms with Gasteiger partial charge in [0.1, 0.15) is 0 Å². The van der Waals surface area contributed by atoms with Crippen LogP contribution in [0.3, 0.4) is 0 Å². The molecule has 1 heterocycles. The molecular formula is C17H35ClN2O2. The highest BCUT2D eigenvalue weighted by molar-refractivity contribution is 6.29. The second kappa shape index (κ2) is 14.5. The van der Waals surface area contributed by atoms with Crippen molar-refractivity contribution >= 4 is 11.6 Å². The molecule has 1 aliphatic rings. The Hall–Kier alpha value is -0.130. The molecule has 0 saturated carbocycles. The predicted octanol–water partition coefficient (Wildman–Crippen LogP) is 2.95. The van der Waals surface area contributed by atoms with Gasteiger partial charge in [0, 0.05) is 25.2 Å². The predicted molar refractivity (Wildman–Crippen MR) is 95.6 cm³/mol. The molecule has 0 aromatic rings. The molecule has 5 heteroatoms. The number of allylic oxidation sites excluding steroid dienone is 1. The van der Waals surface area contributed by atoms with Crippen LogP contribution in [0.1, 0.15) is 39.0 Å². The Bertz CT molecular complexity index is 280. The lowest BCUT2D eigenvalue weighted by Crippen LogP contribution is -2.37. The van der Waals surface area contributed by atoms with Crippen LogP contribution in [0.4, 0.5) is 0 Å². The van der Waals surface area contributed by atoms with E-state index in [4.69, 9.17) is 16.3 Å². The molecule has 1 saturated heterocycles. The van der Waals surface area contributed by atoms with Gasteiger partial charge in [-0.1, -0.05) is 31.0 Å². The number of rotatable bonds is 8. The van der Waals surface area contributed by atoms with E-state index in [0.717, 1.165) is 44.1 Å². The summed E-state index contributed by atoms with van der Waals surface area (Å²) < 4.78 is 4.87. The largest absolute Gasteiger partial charge is 0.389 e. The van der Waals surface area contributed by atoms with Gasteiger partial charge in [-0.2, -0.15) is 0 Å². The van der Waals surface area contributed by atoms with E-state index in [2.05, 4.69) is 36.9 Å². The number of hydrogen-bond donors (Lipinski definition) is 1. The van der Waals surface area contributed by atoms with Crippen LogP contribution in [0, 0.1) is 0 Å². The van der Waals surface area contributed by atoms with Gasteiger partial charge in [0.2, 0.25) is 0 Å². The fraction of sp³-hybridized carbons (Fsp3) is 0.882. The van der Waals surface area contributed by atoms with Crippen molar-refractivity contribution < 1.29 is 9.84 Å². The summed E-state index contributed by atoms with van der Waals surface area (Å²) in [6.45, 7) is 6.64. The molecule has 0 amide bonds. The van der Waals surface area contributed by atoms with Gasteiger partial charge in [0.15, 0.2) is 0 Å². The number of likely N-dealkylation sites (tertiary alicyclic amines) is 1. The Labute approximate surface area is 142 Å². The second-order valence-electron chi connectivity index (χ2n) is 6.08. The summed E-state index contributed by atoms with van der Waals surface area (Å²) in [5.41, 5.74) is 0. The third-order valence-electron chi connectivity index (χ3n) is 3.50. The van der Waals surface area contributed by atoms with Gasteiger partial charge >= 0.3 is 0 Å². The minimum absolute atomic E-state index is 0.312. The van der Waals surface area contributed by atoms with Crippen LogP contribution >= 0.6 is 11.6 Å². The van der Waals surface area contributed by atoms with E-state index < -0.39 is 0 Å². The summed E-state index contributed by atoms with van der Waals surface area (Å²) in [6, 6.07) is 0. The molecular weight excluding hydrogens is 300 g/mol. The molecule has 1 fully saturated rings. The van der Waals surface area contributed by atoms with Crippen molar-refractivity contribution in [3.05, 3.63) is 11.1 Å². The third-order valence-corrected chi connectivity index (χ3v) is 3.84. The van der Waals surface area contributed by atoms with E-state index in [1.165, 1.54) is 19.3 Å². The number of aliphatic hydroxyl groups excluding tert-OH is 1. The Kier molecular flexibility index (Phi) is 14.4. The Morgan fingerprint density at radius 2 is 1.95 bits per heavy atom. The van der Waals surface area contributed by atoms with E-state index in [9.17, 15) is 5.11 Å². The Morgan fingerprint density at radius 1 is 1.32 bits per heavy atom. The van der Waals surface area contributed by atoms with Crippen molar-refractivity contribution in [1.82, 2.24) is 9.80 Å². The lowest BCUT2D eigenvalue weighted by atomic mass is 10.1. The zero-order valence-electron chi connectivity index (χ0n) is 14.9. The van der Waals surface area contributed by atoms with Gasteiger partial charge < -0.3 is 19.6 Å². The van der Waals surface area contributed by atoms with Crippen LogP contribution in [0.5, 0.6) is 0 Å². The van der Waals surface area contributed by atoms with E-state index in [1.54, 1.807) is 7.11 Å². The molecule has 0 spiro atoms. The monoisotopic (exact) mass is 334 g/mol. The topological polar surface area (TPSA) is 35.9 Å². The van der Waals surface area contributed by atoms with Crippen LogP contribution < -0.4 is 0 Å². The van der Waals surface area contributed by atoms with Crippen LogP contribution in [0.25, 0.3) is 0 Å². The van der Waals surface area contributed by atoms with E-state index >= 15 is 0 Å². The number of nitrogens with zero attached hydrogens (tertiary/aromatic N) is 2. The van der Waals surface area contributed by atoms with Crippen molar-refractivity contribution in [2.45, 2.75) is 45.1 Å². The second-order valence-corrected chi connectivity index (χ2v) is 6.57. The summed E-state index contributed by atoms with van der Waals surface area (Å²) in [5.74, 6) is 0. The van der Waals surface area contributed by atoms with E-state index in [-0.39, 0.29) is 6.10 Å². The van der Waals surface area contributed by atoms with Gasteiger partial charge in [-0.25, -0.2) is 0 Å². The first-order chi connectivity index (χ1) is 10.5. The molecule has 1 aliphatic heterocycles. The van der Waals surface area contributed by atoms with Gasteiger partial charge in [0.25, 0.3) is 0 Å². The average molecular weight is 335 g/mol. The van der Waals surface area contributed by atoms with Crippen molar-refractivity contribution in [2.24, 2.45) is 0 Å². The summed E-state index contributed by atoms with van der Waals surface area (Å²) in [5, 5.41) is 10.4. The van der Waals surface area contributed by atoms with Crippen LogP contribution in [-0.2, 0) is 4.74 Å². The SMILES string of the molecule is CC/C=C(/Cl)CCN(C)C.COCC(O)CN1CCCCC1. The summed E-state index contributed by atoms with van der Waals surface area (Å²) in [4.78, 5) is 4.44. The minimum atomic E-state index is -0.312. The van der Waals surface area contributed by atoms with Gasteiger partial charge in [-0.15, -0.1) is 0 Å². The van der Waals surface area contributed by atoms with Crippen LogP contribution in [-0.4, -0.2) is 75.0 Å². The fourth-order valence-electron chi connectivity index (χ4n) is 2.34. The highest BCUT2D eigenvalue weighted by Crippen LogP contribution is 2.09. The van der Waals surface area contributed by atoms with Gasteiger partial charge in [0.05, 0.1) is 12.7 Å². The maximum atomic E-state index is 9.43. The first-order valence-electron chi connectivity index (χ1n) is 8.38. The molecule has 0 aromatic heterocycles. The molecule has 1 N–H and O–H groups in total. The number of aliphatic hydroxyl groups is 1. The molecule has 1 unspecified atom stereocenters. The molecule has 0 bridgehead atoms. The molecule has 22 heavy (non-hydrogen) atoms. The smallest absolute Gasteiger partial charge is 0.0900 e. The number of ether oxygens (including phenoxy) is 1. The number of methoxy groups -OCH3 is 1. The van der Waals surface area contributed by atoms with Crippen LogP contribution in [0.2, 0.25) is 0 Å². The Balaban J connectivity index is 0.000000409. The summed E-state index contributed by atoms with van der Waals surface area (Å²) in [6.07, 6.45) is 7.66. The standard InChI is InChI=1S/C9H19NO2.C8H16ClN/c1-12-8-9(11)7-10-5-3-2-4-6-10;1-4-5-8(9)6-7-10(2)3/h9,11H,2-8H2,1H3;5H,4,6-7H2,1-3H3/b;8-5+. The number of piperidine rings is 1. The number of β-amino-alcohol motifs (C(OH)–C–C–N with tert-alkyl or cyclic N) is 1. The third kappa shape index (κ3) is 13.5. The lowest BCUT2D eigenvalue weighted by Gasteiger charge is -2.28. The van der Waals surface area contributed by atoms with Gasteiger partial charge in [-0.3, -0.25) is 0 Å². The van der Waals surface area contributed by atoms with Crippen molar-refractivity contribution in [3.63, 3.8) is 0 Å². The lowest BCUT2D eigenvalue weighted by molar-refractivity contribution is 0.0335. The zero-order valence-corrected chi connectivity index (χ0v) is 15.6. The minimum Gasteiger partial charge on any atom is -0.389 e. The molecule has 1 rings (SSSR count).